The van der Waals surface area contributed by atoms with E-state index in [9.17, 15) is 0 Å². The zero-order valence-corrected chi connectivity index (χ0v) is 22.1. The molecule has 1 rings (SSSR count). The highest BCUT2D eigenvalue weighted by Gasteiger charge is 2.14. The van der Waals surface area contributed by atoms with Gasteiger partial charge in [-0.2, -0.15) is 0 Å². The first kappa shape index (κ1) is 28.2. The molecule has 180 valence electrons. The van der Waals surface area contributed by atoms with Crippen molar-refractivity contribution in [2.75, 3.05) is 0 Å². The molecule has 0 N–H and O–H groups in total. The van der Waals surface area contributed by atoms with Gasteiger partial charge in [-0.25, -0.2) is 4.57 Å². The fourth-order valence-electron chi connectivity index (χ4n) is 4.74. The van der Waals surface area contributed by atoms with Crippen LogP contribution in [0, 0.1) is 0 Å². The highest BCUT2D eigenvalue weighted by Crippen LogP contribution is 2.24. The van der Waals surface area contributed by atoms with E-state index in [-0.39, 0.29) is 0 Å². The first-order valence-electron chi connectivity index (χ1n) is 14.1. The van der Waals surface area contributed by atoms with Crippen molar-refractivity contribution in [3.63, 3.8) is 0 Å². The quantitative estimate of drug-likeness (QED) is 0.143. The molecule has 0 saturated carbocycles. The van der Waals surface area contributed by atoms with Crippen LogP contribution in [0.1, 0.15) is 167 Å². The average molecular weight is 431 g/mol. The number of unbranched alkanes of at least 4 members (excludes halogenated alkanes) is 16. The Morgan fingerprint density at radius 2 is 0.935 bits per heavy atom. The number of hydrogen-bond acceptors (Lipinski definition) is 0. The molecule has 0 saturated heterocycles. The number of nitrogens with zero attached hydrogens (tertiary/aromatic N) is 1. The van der Waals surface area contributed by atoms with E-state index < -0.39 is 0 Å². The van der Waals surface area contributed by atoms with Gasteiger partial charge in [0.05, 0.1) is 0 Å². The minimum absolute atomic E-state index is 0.611. The summed E-state index contributed by atoms with van der Waals surface area (Å²) < 4.78 is 2.42. The van der Waals surface area contributed by atoms with Crippen LogP contribution in [0.25, 0.3) is 0 Å². The van der Waals surface area contributed by atoms with E-state index in [2.05, 4.69) is 57.6 Å². The Bertz CT molecular complexity index is 531. The van der Waals surface area contributed by atoms with Crippen LogP contribution in [0.4, 0.5) is 0 Å². The first-order valence-corrected chi connectivity index (χ1v) is 14.1. The van der Waals surface area contributed by atoms with Crippen molar-refractivity contribution in [1.29, 1.82) is 0 Å². The molecule has 1 nitrogen and oxygen atoms in total. The van der Waals surface area contributed by atoms with Gasteiger partial charge in [-0.15, -0.1) is 0 Å². The van der Waals surface area contributed by atoms with Gasteiger partial charge < -0.3 is 0 Å². The van der Waals surface area contributed by atoms with E-state index in [1.165, 1.54) is 127 Å². The van der Waals surface area contributed by atoms with Gasteiger partial charge in [0, 0.05) is 18.1 Å². The molecule has 0 radical (unpaired) electrons. The Morgan fingerprint density at radius 1 is 0.548 bits per heavy atom. The van der Waals surface area contributed by atoms with Gasteiger partial charge in [-0.3, -0.25) is 0 Å². The molecule has 1 aromatic rings. The molecule has 0 aliphatic heterocycles. The van der Waals surface area contributed by atoms with Gasteiger partial charge in [0.2, 0.25) is 0 Å². The third-order valence-electron chi connectivity index (χ3n) is 6.85. The van der Waals surface area contributed by atoms with Crippen LogP contribution in [0.2, 0.25) is 0 Å². The molecule has 1 aromatic heterocycles. The van der Waals surface area contributed by atoms with Gasteiger partial charge >= 0.3 is 0 Å². The van der Waals surface area contributed by atoms with Crippen molar-refractivity contribution in [2.45, 2.75) is 162 Å². The van der Waals surface area contributed by atoms with E-state index in [0.29, 0.717) is 11.8 Å². The standard InChI is InChI=1S/C30H56N/c1-6-7-8-9-10-11-12-13-14-15-16-17-18-19-20-21-22-24-31-25-23-29(27(2)3)30(26-31)28(4)5/h23,25-28H,6-22,24H2,1-5H3/q+1. The van der Waals surface area contributed by atoms with Crippen molar-refractivity contribution < 1.29 is 4.57 Å². The summed E-state index contributed by atoms with van der Waals surface area (Å²) in [6.07, 6.45) is 29.2. The molecular formula is C30H56N+. The maximum absolute atomic E-state index is 2.42. The van der Waals surface area contributed by atoms with Crippen LogP contribution in [-0.2, 0) is 6.54 Å². The van der Waals surface area contributed by atoms with Gasteiger partial charge in [-0.05, 0) is 23.8 Å². The summed E-state index contributed by atoms with van der Waals surface area (Å²) in [5.74, 6) is 1.23. The van der Waals surface area contributed by atoms with Crippen LogP contribution in [-0.4, -0.2) is 0 Å². The van der Waals surface area contributed by atoms with Crippen molar-refractivity contribution in [3.8, 4) is 0 Å². The monoisotopic (exact) mass is 430 g/mol. The third-order valence-corrected chi connectivity index (χ3v) is 6.85. The molecule has 0 fully saturated rings. The van der Waals surface area contributed by atoms with Gasteiger partial charge in [0.15, 0.2) is 12.4 Å². The fourth-order valence-corrected chi connectivity index (χ4v) is 4.74. The van der Waals surface area contributed by atoms with Crippen LogP contribution in [0.3, 0.4) is 0 Å². The molecular weight excluding hydrogens is 374 g/mol. The summed E-state index contributed by atoms with van der Waals surface area (Å²) in [5.41, 5.74) is 3.05. The van der Waals surface area contributed by atoms with Gasteiger partial charge in [0.25, 0.3) is 0 Å². The smallest absolute Gasteiger partial charge is 0.172 e. The third kappa shape index (κ3) is 14.0. The molecule has 0 unspecified atom stereocenters. The number of hydrogen-bond donors (Lipinski definition) is 0. The summed E-state index contributed by atoms with van der Waals surface area (Å²) in [5, 5.41) is 0. The van der Waals surface area contributed by atoms with Crippen LogP contribution in [0.5, 0.6) is 0 Å². The fraction of sp³-hybridized carbons (Fsp3) is 0.833. The lowest BCUT2D eigenvalue weighted by Crippen LogP contribution is -2.34. The second kappa shape index (κ2) is 18.7. The summed E-state index contributed by atoms with van der Waals surface area (Å²) in [7, 11) is 0. The van der Waals surface area contributed by atoms with E-state index >= 15 is 0 Å². The minimum atomic E-state index is 0.611. The normalized spacial score (nSPS) is 11.7. The number of pyridine rings is 1. The highest BCUT2D eigenvalue weighted by atomic mass is 14.9. The molecule has 0 aliphatic rings. The summed E-state index contributed by atoms with van der Waals surface area (Å²) in [6.45, 7) is 12.7. The first-order chi connectivity index (χ1) is 15.1. The van der Waals surface area contributed by atoms with E-state index in [0.717, 1.165) is 0 Å². The summed E-state index contributed by atoms with van der Waals surface area (Å²) >= 11 is 0. The molecule has 0 amide bonds. The van der Waals surface area contributed by atoms with E-state index in [4.69, 9.17) is 0 Å². The van der Waals surface area contributed by atoms with Crippen molar-refractivity contribution in [3.05, 3.63) is 29.6 Å². The second-order valence-electron chi connectivity index (χ2n) is 10.6. The van der Waals surface area contributed by atoms with E-state index in [1.807, 2.05) is 0 Å². The Morgan fingerprint density at radius 3 is 1.32 bits per heavy atom. The van der Waals surface area contributed by atoms with Crippen LogP contribution in [0.15, 0.2) is 18.5 Å². The van der Waals surface area contributed by atoms with Crippen molar-refractivity contribution in [1.82, 2.24) is 0 Å². The van der Waals surface area contributed by atoms with Crippen molar-refractivity contribution in [2.24, 2.45) is 0 Å². The molecule has 0 aromatic carbocycles. The zero-order valence-electron chi connectivity index (χ0n) is 22.1. The zero-order chi connectivity index (χ0) is 22.7. The maximum Gasteiger partial charge on any atom is 0.172 e. The van der Waals surface area contributed by atoms with Crippen molar-refractivity contribution >= 4 is 0 Å². The van der Waals surface area contributed by atoms with Gasteiger partial charge in [-0.1, -0.05) is 131 Å². The lowest BCUT2D eigenvalue weighted by Gasteiger charge is -2.14. The predicted octanol–water partition coefficient (Wildman–Crippen LogP) is 9.87. The summed E-state index contributed by atoms with van der Waals surface area (Å²) in [6, 6.07) is 2.35. The number of aromatic nitrogens is 1. The molecule has 1 heterocycles. The molecule has 31 heavy (non-hydrogen) atoms. The highest BCUT2D eigenvalue weighted by molar-refractivity contribution is 5.27. The van der Waals surface area contributed by atoms with Gasteiger partial charge in [0.1, 0.15) is 6.54 Å². The minimum Gasteiger partial charge on any atom is -0.205 e. The molecule has 1 heteroatoms. The molecule has 0 aliphatic carbocycles. The number of rotatable bonds is 20. The lowest BCUT2D eigenvalue weighted by atomic mass is 9.92. The Hall–Kier alpha value is -0.850. The largest absolute Gasteiger partial charge is 0.205 e. The number of aryl methyl sites for hydroxylation is 1. The lowest BCUT2D eigenvalue weighted by molar-refractivity contribution is -0.697. The predicted molar refractivity (Wildman–Crippen MR) is 139 cm³/mol. The van der Waals surface area contributed by atoms with Crippen LogP contribution >= 0.6 is 0 Å². The Balaban J connectivity index is 1.94. The molecule has 0 bridgehead atoms. The maximum atomic E-state index is 2.42. The topological polar surface area (TPSA) is 3.88 Å². The average Bonchev–Trinajstić information content (AvgIpc) is 2.75. The second-order valence-corrected chi connectivity index (χ2v) is 10.6. The van der Waals surface area contributed by atoms with Crippen LogP contribution < -0.4 is 4.57 Å². The van der Waals surface area contributed by atoms with E-state index in [1.54, 1.807) is 0 Å². The Kier molecular flexibility index (Phi) is 17.0. The summed E-state index contributed by atoms with van der Waals surface area (Å²) in [4.78, 5) is 0. The molecule has 0 atom stereocenters. The SMILES string of the molecule is CCCCCCCCCCCCCCCCCCC[n+]1ccc(C(C)C)c(C(C)C)c1. The Labute approximate surface area is 196 Å². The molecule has 0 spiro atoms.